The molecule has 0 amide bonds. The third-order valence-electron chi connectivity index (χ3n) is 11.8. The molecule has 0 bridgehead atoms. The Balaban J connectivity index is 1.11. The van der Waals surface area contributed by atoms with Crippen molar-refractivity contribution in [2.45, 2.75) is 90.8 Å². The van der Waals surface area contributed by atoms with E-state index in [1.807, 2.05) is 60.7 Å². The number of ether oxygens (including phenoxy) is 2. The van der Waals surface area contributed by atoms with Crippen LogP contribution < -0.4 is 0 Å². The molecule has 0 unspecified atom stereocenters. The lowest BCUT2D eigenvalue weighted by atomic mass is 9.44. The molecule has 0 spiro atoms. The van der Waals surface area contributed by atoms with Crippen LogP contribution in [0.15, 0.2) is 60.7 Å². The molecular formula is C35H44O4. The lowest BCUT2D eigenvalue weighted by Gasteiger charge is -2.61. The SMILES string of the molecule is C[C@@H](OC(=O)c1ccccc1)[C@H]1CC[C@H]2[C@@H]3CC[C@H]4C[C@H](OC(=O)c5ccccc5)CC[C@]4(C)[C@H]3CC[C@]12C. The summed E-state index contributed by atoms with van der Waals surface area (Å²) in [5, 5.41) is 0. The van der Waals surface area contributed by atoms with Crippen molar-refractivity contribution in [1.82, 2.24) is 0 Å². The molecule has 9 atom stereocenters. The molecule has 2 aromatic carbocycles. The van der Waals surface area contributed by atoms with E-state index in [9.17, 15) is 9.59 Å². The van der Waals surface area contributed by atoms with E-state index in [1.54, 1.807) is 0 Å². The van der Waals surface area contributed by atoms with Crippen LogP contribution in [0.4, 0.5) is 0 Å². The third kappa shape index (κ3) is 4.72. The zero-order chi connectivity index (χ0) is 27.2. The number of esters is 2. The molecule has 4 saturated carbocycles. The van der Waals surface area contributed by atoms with Gasteiger partial charge in [0, 0.05) is 5.92 Å². The topological polar surface area (TPSA) is 52.6 Å². The summed E-state index contributed by atoms with van der Waals surface area (Å²) in [4.78, 5) is 25.5. The van der Waals surface area contributed by atoms with Crippen molar-refractivity contribution in [1.29, 1.82) is 0 Å². The molecule has 0 aromatic heterocycles. The molecule has 0 heterocycles. The van der Waals surface area contributed by atoms with E-state index in [1.165, 1.54) is 32.1 Å². The third-order valence-corrected chi connectivity index (χ3v) is 11.8. The van der Waals surface area contributed by atoms with Crippen molar-refractivity contribution in [3.63, 3.8) is 0 Å². The van der Waals surface area contributed by atoms with Crippen LogP contribution in [0.5, 0.6) is 0 Å². The molecule has 4 nitrogen and oxygen atoms in total. The summed E-state index contributed by atoms with van der Waals surface area (Å²) < 4.78 is 12.1. The van der Waals surface area contributed by atoms with Crippen LogP contribution in [-0.4, -0.2) is 24.1 Å². The van der Waals surface area contributed by atoms with E-state index in [4.69, 9.17) is 9.47 Å². The minimum absolute atomic E-state index is 0.0391. The lowest BCUT2D eigenvalue weighted by Crippen LogP contribution is -2.54. The van der Waals surface area contributed by atoms with E-state index < -0.39 is 0 Å². The summed E-state index contributed by atoms with van der Waals surface area (Å²) in [6, 6.07) is 18.8. The fraction of sp³-hybridized carbons (Fsp3) is 0.600. The van der Waals surface area contributed by atoms with Gasteiger partial charge in [-0.2, -0.15) is 0 Å². The van der Waals surface area contributed by atoms with Crippen LogP contribution in [0.3, 0.4) is 0 Å². The van der Waals surface area contributed by atoms with E-state index in [0.717, 1.165) is 37.5 Å². The number of carbonyl (C=O) groups is 2. The Kier molecular flexibility index (Phi) is 7.10. The van der Waals surface area contributed by atoms with Gasteiger partial charge < -0.3 is 9.47 Å². The van der Waals surface area contributed by atoms with Crippen LogP contribution in [0.25, 0.3) is 0 Å². The molecular weight excluding hydrogens is 484 g/mol. The molecule has 2 aromatic rings. The highest BCUT2D eigenvalue weighted by atomic mass is 16.5. The molecule has 208 valence electrons. The minimum Gasteiger partial charge on any atom is -0.459 e. The summed E-state index contributed by atoms with van der Waals surface area (Å²) in [7, 11) is 0. The minimum atomic E-state index is -0.193. The quantitative estimate of drug-likeness (QED) is 0.368. The van der Waals surface area contributed by atoms with Crippen molar-refractivity contribution in [2.75, 3.05) is 0 Å². The molecule has 4 aliphatic carbocycles. The molecule has 0 radical (unpaired) electrons. The number of benzene rings is 2. The molecule has 0 aliphatic heterocycles. The van der Waals surface area contributed by atoms with Crippen molar-refractivity contribution >= 4 is 11.9 Å². The van der Waals surface area contributed by atoms with E-state index in [2.05, 4.69) is 20.8 Å². The Morgan fingerprint density at radius 3 is 2.05 bits per heavy atom. The van der Waals surface area contributed by atoms with Gasteiger partial charge in [-0.15, -0.1) is 0 Å². The first-order chi connectivity index (χ1) is 18.8. The smallest absolute Gasteiger partial charge is 0.338 e. The number of fused-ring (bicyclic) bond motifs is 5. The maximum Gasteiger partial charge on any atom is 0.338 e. The van der Waals surface area contributed by atoms with Crippen molar-refractivity contribution in [3.8, 4) is 0 Å². The van der Waals surface area contributed by atoms with Crippen molar-refractivity contribution in [3.05, 3.63) is 71.8 Å². The van der Waals surface area contributed by atoms with Crippen LogP contribution in [0.1, 0.15) is 99.3 Å². The Morgan fingerprint density at radius 2 is 1.36 bits per heavy atom. The number of hydrogen-bond acceptors (Lipinski definition) is 4. The predicted molar refractivity (Wildman–Crippen MR) is 152 cm³/mol. The molecule has 4 aliphatic rings. The van der Waals surface area contributed by atoms with Gasteiger partial charge in [0.15, 0.2) is 0 Å². The first-order valence-corrected chi connectivity index (χ1v) is 15.3. The maximum absolute atomic E-state index is 12.8. The lowest BCUT2D eigenvalue weighted by molar-refractivity contribution is -0.133. The molecule has 4 heteroatoms. The van der Waals surface area contributed by atoms with Gasteiger partial charge in [0.25, 0.3) is 0 Å². The summed E-state index contributed by atoms with van der Waals surface area (Å²) in [6.07, 6.45) is 10.6. The first kappa shape index (κ1) is 26.6. The fourth-order valence-corrected chi connectivity index (χ4v) is 9.82. The summed E-state index contributed by atoms with van der Waals surface area (Å²) in [5.41, 5.74) is 1.87. The zero-order valence-electron chi connectivity index (χ0n) is 23.8. The normalized spacial score (nSPS) is 38.0. The molecule has 4 fully saturated rings. The highest BCUT2D eigenvalue weighted by Gasteiger charge is 2.61. The Hall–Kier alpha value is -2.62. The Labute approximate surface area is 233 Å². The number of hydrogen-bond donors (Lipinski definition) is 0. The van der Waals surface area contributed by atoms with Crippen LogP contribution >= 0.6 is 0 Å². The summed E-state index contributed by atoms with van der Waals surface area (Å²) in [5.74, 6) is 2.91. The van der Waals surface area contributed by atoms with Gasteiger partial charge in [0.05, 0.1) is 11.1 Å². The summed E-state index contributed by atoms with van der Waals surface area (Å²) >= 11 is 0. The average Bonchev–Trinajstić information content (AvgIpc) is 3.31. The van der Waals surface area contributed by atoms with Gasteiger partial charge in [-0.05, 0) is 123 Å². The summed E-state index contributed by atoms with van der Waals surface area (Å²) in [6.45, 7) is 7.19. The fourth-order valence-electron chi connectivity index (χ4n) is 9.82. The van der Waals surface area contributed by atoms with Crippen LogP contribution in [-0.2, 0) is 9.47 Å². The zero-order valence-corrected chi connectivity index (χ0v) is 23.8. The molecule has 39 heavy (non-hydrogen) atoms. The van der Waals surface area contributed by atoms with Crippen molar-refractivity contribution in [2.24, 2.45) is 40.4 Å². The Bertz CT molecular complexity index is 1180. The maximum atomic E-state index is 12.8. The standard InChI is InChI=1S/C35H44O4/c1-23(38-32(36)24-10-6-4-7-11-24)29-16-17-30-28-15-14-26-22-27(39-33(37)25-12-8-5-9-13-25)18-20-34(26,2)31(28)19-21-35(29,30)3/h4-13,23,26-31H,14-22H2,1-3H3/t23-,26+,27-,28+,29-,30+,31+,34+,35-/m1/s1. The van der Waals surface area contributed by atoms with Crippen molar-refractivity contribution < 1.29 is 19.1 Å². The largest absolute Gasteiger partial charge is 0.459 e. The van der Waals surface area contributed by atoms with Gasteiger partial charge in [0.1, 0.15) is 12.2 Å². The average molecular weight is 529 g/mol. The molecule has 6 rings (SSSR count). The highest BCUT2D eigenvalue weighted by Crippen LogP contribution is 2.68. The van der Waals surface area contributed by atoms with E-state index in [-0.39, 0.29) is 29.6 Å². The van der Waals surface area contributed by atoms with Crippen LogP contribution in [0, 0.1) is 40.4 Å². The van der Waals surface area contributed by atoms with Crippen LogP contribution in [0.2, 0.25) is 0 Å². The monoisotopic (exact) mass is 528 g/mol. The van der Waals surface area contributed by atoms with Gasteiger partial charge in [0.2, 0.25) is 0 Å². The second kappa shape index (κ2) is 10.4. The van der Waals surface area contributed by atoms with Gasteiger partial charge in [-0.3, -0.25) is 0 Å². The van der Waals surface area contributed by atoms with Gasteiger partial charge in [-0.25, -0.2) is 9.59 Å². The molecule has 0 saturated heterocycles. The second-order valence-electron chi connectivity index (χ2n) is 13.5. The number of carbonyl (C=O) groups excluding carboxylic acids is 2. The Morgan fingerprint density at radius 1 is 0.744 bits per heavy atom. The highest BCUT2D eigenvalue weighted by molar-refractivity contribution is 5.89. The first-order valence-electron chi connectivity index (χ1n) is 15.3. The van der Waals surface area contributed by atoms with E-state index in [0.29, 0.717) is 34.3 Å². The van der Waals surface area contributed by atoms with E-state index >= 15 is 0 Å². The molecule has 0 N–H and O–H groups in total. The number of rotatable bonds is 5. The van der Waals surface area contributed by atoms with Gasteiger partial charge >= 0.3 is 11.9 Å². The van der Waals surface area contributed by atoms with Gasteiger partial charge in [-0.1, -0.05) is 50.2 Å². The predicted octanol–water partition coefficient (Wildman–Crippen LogP) is 8.12. The second-order valence-corrected chi connectivity index (χ2v) is 13.5.